The van der Waals surface area contributed by atoms with E-state index in [2.05, 4.69) is 0 Å². The Balaban J connectivity index is 8.05. The summed E-state index contributed by atoms with van der Waals surface area (Å²) in [5.41, 5.74) is 0. The van der Waals surface area contributed by atoms with Crippen LogP contribution in [0.1, 0.15) is 0 Å². The van der Waals surface area contributed by atoms with Gasteiger partial charge in [0.15, 0.2) is 0 Å². The fraction of sp³-hybridized carbons (Fsp3) is 0.857. The van der Waals surface area contributed by atoms with Crippen LogP contribution < -0.4 is 0 Å². The molecule has 0 radical (unpaired) electrons. The topological polar surface area (TPSA) is 78.9 Å². The molecule has 0 aromatic heterocycles. The molecule has 0 fully saturated rings. The van der Waals surface area contributed by atoms with Gasteiger partial charge in [-0.15, -0.1) is 0 Å². The quantitative estimate of drug-likeness (QED) is 0.101. The summed E-state index contributed by atoms with van der Waals surface area (Å²) >= 11 is -8.66. The maximum absolute atomic E-state index is 14.1. The van der Waals surface area contributed by atoms with E-state index < -0.39 is 140 Å². The molecule has 0 aliphatic rings. The molecule has 0 heterocycles. The summed E-state index contributed by atoms with van der Waals surface area (Å²) < 4.78 is 525. The Bertz CT molecular complexity index is 1640. The van der Waals surface area contributed by atoms with Gasteiger partial charge in [-0.2, -0.15) is 171 Å². The SMILES string of the molecule is O=C([O][Al]([O]C(=O)C(F)(F)C(F)(F)C(F)(F)C(F)(F)C(F)(F)C(F)(F)F)[O]C(=O)C(F)(F)C(F)(F)C(F)(F)C(F)(F)C(F)(F)C(F)(F)F)C(F)(F)C(F)(F)C(F)(F)C(F)(F)C(F)(F)C(F)(F)F. The van der Waals surface area contributed by atoms with Gasteiger partial charge in [0.1, 0.15) is 0 Å². The van der Waals surface area contributed by atoms with Crippen LogP contribution >= 0.6 is 0 Å². The number of carbonyl (C=O) groups is 3. The lowest BCUT2D eigenvalue weighted by molar-refractivity contribution is -0.437. The van der Waals surface area contributed by atoms with E-state index in [0.29, 0.717) is 0 Å². The summed E-state index contributed by atoms with van der Waals surface area (Å²) in [4.78, 5) is 34.5. The molecule has 0 saturated carbocycles. The average Bonchev–Trinajstić information content (AvgIpc) is 3.08. The van der Waals surface area contributed by atoms with Gasteiger partial charge in [0.25, 0.3) is 0 Å². The van der Waals surface area contributed by atoms with Crippen LogP contribution in [0.15, 0.2) is 0 Å². The van der Waals surface area contributed by atoms with Gasteiger partial charge in [-0.3, -0.25) is 0 Å². The smallest absolute Gasteiger partial charge is 0.546 e. The Kier molecular flexibility index (Phi) is 15.5. The maximum atomic E-state index is 14.1. The van der Waals surface area contributed by atoms with Crippen LogP contribution in [0.3, 0.4) is 0 Å². The zero-order valence-corrected chi connectivity index (χ0v) is 29.4. The lowest BCUT2D eigenvalue weighted by Crippen LogP contribution is -2.72. The molecule has 0 saturated heterocycles. The van der Waals surface area contributed by atoms with Crippen molar-refractivity contribution in [2.24, 2.45) is 0 Å². The molecule has 0 rings (SSSR count). The maximum Gasteiger partial charge on any atom is 1.20 e. The number of halogens is 39. The number of carbonyl (C=O) groups excluding carboxylic acids is 3. The minimum absolute atomic E-state index is 1.95. The molecule has 0 atom stereocenters. The third kappa shape index (κ3) is 8.68. The summed E-state index contributed by atoms with van der Waals surface area (Å²) in [7, 11) is 0. The van der Waals surface area contributed by atoms with Crippen molar-refractivity contribution in [1.29, 1.82) is 0 Å². The Labute approximate surface area is 338 Å². The van der Waals surface area contributed by atoms with E-state index in [0.717, 1.165) is 0 Å². The first-order chi connectivity index (χ1) is 28.3. The first-order valence-corrected chi connectivity index (χ1v) is 15.2. The molecule has 46 heteroatoms. The van der Waals surface area contributed by atoms with E-state index in [1.54, 1.807) is 0 Å². The van der Waals surface area contributed by atoms with Crippen LogP contribution in [0.4, 0.5) is 171 Å². The first-order valence-electron chi connectivity index (χ1n) is 13.8. The van der Waals surface area contributed by atoms with E-state index in [9.17, 15) is 186 Å². The number of hydrogen-bond acceptors (Lipinski definition) is 6. The molecule has 0 amide bonds. The van der Waals surface area contributed by atoms with Crippen molar-refractivity contribution < 1.29 is 197 Å². The first kappa shape index (κ1) is 63.2. The predicted octanol–water partition coefficient (Wildman–Crippen LogP) is 10.8. The second kappa shape index (κ2) is 16.4. The summed E-state index contributed by atoms with van der Waals surface area (Å²) in [6.45, 7) is 0. The molecule has 0 unspecified atom stereocenters. The Hall–Kier alpha value is -3.79. The highest BCUT2D eigenvalue weighted by atomic mass is 27.3. The molecule has 6 nitrogen and oxygen atoms in total. The Morgan fingerprint density at radius 1 is 0.209 bits per heavy atom. The third-order valence-corrected chi connectivity index (χ3v) is 8.40. The van der Waals surface area contributed by atoms with Gasteiger partial charge in [-0.1, -0.05) is 0 Å². The molecule has 0 aromatic carbocycles. The van der Waals surface area contributed by atoms with Crippen molar-refractivity contribution in [3.63, 3.8) is 0 Å². The Morgan fingerprint density at radius 3 is 0.448 bits per heavy atom. The van der Waals surface area contributed by atoms with Gasteiger partial charge >= 0.3 is 140 Å². The van der Waals surface area contributed by atoms with Crippen LogP contribution in [0.2, 0.25) is 0 Å². The zero-order valence-electron chi connectivity index (χ0n) is 28.3. The fourth-order valence-electron chi connectivity index (χ4n) is 3.25. The van der Waals surface area contributed by atoms with Crippen molar-refractivity contribution in [1.82, 2.24) is 0 Å². The van der Waals surface area contributed by atoms with Gasteiger partial charge in [0.05, 0.1) is 0 Å². The number of rotatable bonds is 18. The van der Waals surface area contributed by atoms with Gasteiger partial charge in [-0.05, 0) is 0 Å². The van der Waals surface area contributed by atoms with Crippen molar-refractivity contribution in [3.05, 3.63) is 0 Å². The van der Waals surface area contributed by atoms with E-state index in [4.69, 9.17) is 0 Å². The molecule has 0 bridgehead atoms. The second-order valence-electron chi connectivity index (χ2n) is 11.6. The van der Waals surface area contributed by atoms with Gasteiger partial charge in [0.2, 0.25) is 0 Å². The minimum atomic E-state index is -9.36. The monoisotopic (exact) mass is 1120 g/mol. The molecular formula is C21AlF39O6. The van der Waals surface area contributed by atoms with Crippen LogP contribution in [-0.2, 0) is 25.7 Å². The van der Waals surface area contributed by atoms with Gasteiger partial charge in [0, 0.05) is 0 Å². The summed E-state index contributed by atoms with van der Waals surface area (Å²) in [5, 5.41) is 0. The largest absolute Gasteiger partial charge is 1.20 e. The predicted molar refractivity (Wildman–Crippen MR) is 116 cm³/mol. The fourth-order valence-corrected chi connectivity index (χ4v) is 4.36. The number of alkyl halides is 39. The standard InChI is InChI=1S/3C7HF13O2.Al/c3*8-2(9,1(21)22)3(10,11)4(12,13)5(14,15)6(16,17)7(18,19)20;/h3*(H,21,22);/q;;;+3/p-3. The highest BCUT2D eigenvalue weighted by Crippen LogP contribution is 2.64. The van der Waals surface area contributed by atoms with Gasteiger partial charge < -0.3 is 11.4 Å². The molecule has 0 spiro atoms. The van der Waals surface area contributed by atoms with Crippen molar-refractivity contribution >= 4 is 33.1 Å². The second-order valence-corrected chi connectivity index (χ2v) is 12.9. The van der Waals surface area contributed by atoms with Crippen molar-refractivity contribution in [2.75, 3.05) is 0 Å². The number of hydrogen-bond donors (Lipinski definition) is 0. The molecule has 0 aliphatic heterocycles. The van der Waals surface area contributed by atoms with E-state index in [1.165, 1.54) is 0 Å². The molecule has 0 aromatic rings. The van der Waals surface area contributed by atoms with Crippen molar-refractivity contribution in [2.45, 2.75) is 107 Å². The van der Waals surface area contributed by atoms with Crippen molar-refractivity contribution in [3.8, 4) is 0 Å². The summed E-state index contributed by atoms with van der Waals surface area (Å²) in [5.74, 6) is -154. The zero-order chi connectivity index (χ0) is 55.4. The molecule has 0 aliphatic carbocycles. The highest BCUT2D eigenvalue weighted by Gasteiger charge is 2.95. The molecule has 67 heavy (non-hydrogen) atoms. The average molecular weight is 1120 g/mol. The van der Waals surface area contributed by atoms with Crippen LogP contribution in [-0.4, -0.2) is 140 Å². The third-order valence-electron chi connectivity index (χ3n) is 7.18. The van der Waals surface area contributed by atoms with Crippen LogP contribution in [0, 0.1) is 0 Å². The van der Waals surface area contributed by atoms with E-state index in [-0.39, 0.29) is 0 Å². The van der Waals surface area contributed by atoms with Gasteiger partial charge in [-0.25, -0.2) is 14.4 Å². The lowest BCUT2D eigenvalue weighted by atomic mass is 9.94. The minimum Gasteiger partial charge on any atom is -0.546 e. The normalized spacial score (nSPS) is 16.2. The van der Waals surface area contributed by atoms with E-state index in [1.807, 2.05) is 11.4 Å². The van der Waals surface area contributed by atoms with Crippen LogP contribution in [0.25, 0.3) is 0 Å². The lowest BCUT2D eigenvalue weighted by Gasteiger charge is -2.39. The Morgan fingerprint density at radius 2 is 0.328 bits per heavy atom. The highest BCUT2D eigenvalue weighted by molar-refractivity contribution is 6.44. The van der Waals surface area contributed by atoms with E-state index >= 15 is 0 Å². The molecule has 0 N–H and O–H groups in total. The summed E-state index contributed by atoms with van der Waals surface area (Å²) in [6, 6.07) is 0. The molecule has 396 valence electrons. The molecular weight excluding hydrogens is 1120 g/mol. The summed E-state index contributed by atoms with van der Waals surface area (Å²) in [6.07, 6.45) is -25.0. The van der Waals surface area contributed by atoms with Crippen LogP contribution in [0.5, 0.6) is 0 Å².